The fraction of sp³-hybridized carbons (Fsp3) is 0.923. The van der Waals surface area contributed by atoms with E-state index in [1.54, 1.807) is 0 Å². The van der Waals surface area contributed by atoms with Crippen LogP contribution in [0.4, 0.5) is 0 Å². The van der Waals surface area contributed by atoms with Gasteiger partial charge in [0.2, 0.25) is 0 Å². The molecule has 100 valence electrons. The highest BCUT2D eigenvalue weighted by molar-refractivity contribution is 5.78. The van der Waals surface area contributed by atoms with E-state index in [0.29, 0.717) is 12.0 Å². The predicted molar refractivity (Wildman–Crippen MR) is 74.3 cm³/mol. The Bertz CT molecular complexity index is 217. The minimum absolute atomic E-state index is 0.551. The fourth-order valence-electron chi connectivity index (χ4n) is 2.26. The van der Waals surface area contributed by atoms with Crippen LogP contribution >= 0.6 is 0 Å². The van der Waals surface area contributed by atoms with Gasteiger partial charge in [0, 0.05) is 12.6 Å². The Morgan fingerprint density at radius 3 is 2.47 bits per heavy atom. The smallest absolute Gasteiger partial charge is 0.188 e. The molecule has 0 aliphatic heterocycles. The largest absolute Gasteiger partial charge is 0.370 e. The van der Waals surface area contributed by atoms with E-state index < -0.39 is 0 Å². The van der Waals surface area contributed by atoms with Gasteiger partial charge in [-0.05, 0) is 39.9 Å². The first-order chi connectivity index (χ1) is 8.18. The van der Waals surface area contributed by atoms with Gasteiger partial charge in [0.05, 0.1) is 0 Å². The van der Waals surface area contributed by atoms with Gasteiger partial charge in [-0.15, -0.1) is 0 Å². The summed E-state index contributed by atoms with van der Waals surface area (Å²) >= 11 is 0. The van der Waals surface area contributed by atoms with Crippen LogP contribution in [0.15, 0.2) is 4.99 Å². The predicted octanol–water partition coefficient (Wildman–Crippen LogP) is 1.57. The summed E-state index contributed by atoms with van der Waals surface area (Å²) in [5, 5.41) is 3.36. The van der Waals surface area contributed by atoms with Crippen molar-refractivity contribution in [3.8, 4) is 0 Å². The molecular formula is C13H28N4. The van der Waals surface area contributed by atoms with E-state index in [9.17, 15) is 0 Å². The second kappa shape index (κ2) is 8.34. The van der Waals surface area contributed by atoms with Crippen molar-refractivity contribution >= 4 is 5.96 Å². The summed E-state index contributed by atoms with van der Waals surface area (Å²) in [4.78, 5) is 6.55. The minimum atomic E-state index is 0.551. The first-order valence-corrected chi connectivity index (χ1v) is 6.89. The second-order valence-electron chi connectivity index (χ2n) is 5.26. The normalized spacial score (nSPS) is 19.4. The summed E-state index contributed by atoms with van der Waals surface area (Å²) in [6.45, 7) is 1.89. The minimum Gasteiger partial charge on any atom is -0.370 e. The van der Waals surface area contributed by atoms with Crippen molar-refractivity contribution in [2.45, 2.75) is 51.0 Å². The van der Waals surface area contributed by atoms with Gasteiger partial charge >= 0.3 is 0 Å². The zero-order valence-corrected chi connectivity index (χ0v) is 11.4. The van der Waals surface area contributed by atoms with E-state index in [-0.39, 0.29) is 0 Å². The molecule has 0 aromatic rings. The van der Waals surface area contributed by atoms with Crippen molar-refractivity contribution in [3.63, 3.8) is 0 Å². The van der Waals surface area contributed by atoms with Crippen LogP contribution in [0.1, 0.15) is 44.9 Å². The van der Waals surface area contributed by atoms with E-state index >= 15 is 0 Å². The van der Waals surface area contributed by atoms with Crippen molar-refractivity contribution < 1.29 is 0 Å². The van der Waals surface area contributed by atoms with Gasteiger partial charge in [-0.2, -0.15) is 0 Å². The average Bonchev–Trinajstić information content (AvgIpc) is 2.53. The fourth-order valence-corrected chi connectivity index (χ4v) is 2.26. The first-order valence-electron chi connectivity index (χ1n) is 6.89. The van der Waals surface area contributed by atoms with E-state index in [1.807, 2.05) is 0 Å². The Hall–Kier alpha value is -0.770. The molecule has 3 N–H and O–H groups in total. The Morgan fingerprint density at radius 1 is 1.24 bits per heavy atom. The van der Waals surface area contributed by atoms with Crippen molar-refractivity contribution in [2.24, 2.45) is 10.7 Å². The third-order valence-electron chi connectivity index (χ3n) is 3.25. The van der Waals surface area contributed by atoms with Crippen molar-refractivity contribution in [2.75, 3.05) is 27.2 Å². The Kier molecular flexibility index (Phi) is 7.01. The number of nitrogens with one attached hydrogen (secondary N) is 1. The molecular weight excluding hydrogens is 212 g/mol. The Labute approximate surface area is 106 Å². The summed E-state index contributed by atoms with van der Waals surface area (Å²) in [7, 11) is 4.16. The van der Waals surface area contributed by atoms with Crippen molar-refractivity contribution in [1.29, 1.82) is 0 Å². The van der Waals surface area contributed by atoms with E-state index in [2.05, 4.69) is 29.3 Å². The number of hydrogen-bond acceptors (Lipinski definition) is 2. The lowest BCUT2D eigenvalue weighted by molar-refractivity contribution is 0.403. The quantitative estimate of drug-likeness (QED) is 0.332. The summed E-state index contributed by atoms with van der Waals surface area (Å²) < 4.78 is 0. The van der Waals surface area contributed by atoms with Crippen LogP contribution in [-0.2, 0) is 0 Å². The average molecular weight is 240 g/mol. The molecule has 17 heavy (non-hydrogen) atoms. The van der Waals surface area contributed by atoms with Crippen LogP contribution in [0.5, 0.6) is 0 Å². The molecule has 0 bridgehead atoms. The summed E-state index contributed by atoms with van der Waals surface area (Å²) in [6.07, 6.45) is 8.95. The van der Waals surface area contributed by atoms with Gasteiger partial charge in [0.1, 0.15) is 0 Å². The standard InChI is InChI=1S/C13H28N4/c1-17(2)11-7-10-15-13(14)16-12-8-5-3-4-6-9-12/h12H,3-11H2,1-2H3,(H3,14,15,16). The Morgan fingerprint density at radius 2 is 1.88 bits per heavy atom. The monoisotopic (exact) mass is 240 g/mol. The molecule has 4 heteroatoms. The highest BCUT2D eigenvalue weighted by atomic mass is 15.1. The van der Waals surface area contributed by atoms with Gasteiger partial charge < -0.3 is 16.0 Å². The van der Waals surface area contributed by atoms with Gasteiger partial charge in [-0.25, -0.2) is 0 Å². The van der Waals surface area contributed by atoms with Gasteiger partial charge in [0.25, 0.3) is 0 Å². The number of hydrogen-bond donors (Lipinski definition) is 2. The molecule has 0 spiro atoms. The van der Waals surface area contributed by atoms with Crippen molar-refractivity contribution in [1.82, 2.24) is 10.2 Å². The molecule has 0 atom stereocenters. The van der Waals surface area contributed by atoms with Crippen LogP contribution in [0, 0.1) is 0 Å². The summed E-state index contributed by atoms with van der Waals surface area (Å²) in [6, 6.07) is 0.551. The van der Waals surface area contributed by atoms with Crippen molar-refractivity contribution in [3.05, 3.63) is 0 Å². The van der Waals surface area contributed by atoms with Gasteiger partial charge in [-0.1, -0.05) is 25.7 Å². The van der Waals surface area contributed by atoms with Crippen LogP contribution in [-0.4, -0.2) is 44.1 Å². The number of nitrogens with two attached hydrogens (primary N) is 1. The molecule has 0 aromatic carbocycles. The lowest BCUT2D eigenvalue weighted by atomic mass is 10.1. The zero-order chi connectivity index (χ0) is 12.5. The van der Waals surface area contributed by atoms with Crippen LogP contribution in [0.2, 0.25) is 0 Å². The number of rotatable bonds is 5. The molecule has 0 aromatic heterocycles. The molecule has 0 saturated heterocycles. The van der Waals surface area contributed by atoms with E-state index in [4.69, 9.17) is 5.73 Å². The first kappa shape index (κ1) is 14.3. The SMILES string of the molecule is CN(C)CCCN=C(N)NC1CCCCCC1. The molecule has 0 radical (unpaired) electrons. The Balaban J connectivity index is 2.17. The summed E-state index contributed by atoms with van der Waals surface area (Å²) in [5.41, 5.74) is 5.90. The maximum absolute atomic E-state index is 5.90. The molecule has 0 amide bonds. The summed E-state index contributed by atoms with van der Waals surface area (Å²) in [5.74, 6) is 0.635. The van der Waals surface area contributed by atoms with E-state index in [0.717, 1.165) is 19.5 Å². The molecule has 0 heterocycles. The number of nitrogens with zero attached hydrogens (tertiary/aromatic N) is 2. The molecule has 1 fully saturated rings. The lowest BCUT2D eigenvalue weighted by Crippen LogP contribution is -2.40. The molecule has 0 unspecified atom stereocenters. The van der Waals surface area contributed by atoms with Crippen LogP contribution < -0.4 is 11.1 Å². The lowest BCUT2D eigenvalue weighted by Gasteiger charge is -2.16. The third-order valence-corrected chi connectivity index (χ3v) is 3.25. The topological polar surface area (TPSA) is 53.6 Å². The molecule has 4 nitrogen and oxygen atoms in total. The number of guanidine groups is 1. The maximum atomic E-state index is 5.90. The maximum Gasteiger partial charge on any atom is 0.188 e. The van der Waals surface area contributed by atoms with Crippen LogP contribution in [0.3, 0.4) is 0 Å². The van der Waals surface area contributed by atoms with E-state index in [1.165, 1.54) is 38.5 Å². The van der Waals surface area contributed by atoms with Crippen LogP contribution in [0.25, 0.3) is 0 Å². The molecule has 1 aliphatic carbocycles. The molecule has 1 aliphatic rings. The van der Waals surface area contributed by atoms with Gasteiger partial charge in [-0.3, -0.25) is 4.99 Å². The van der Waals surface area contributed by atoms with Gasteiger partial charge in [0.15, 0.2) is 5.96 Å². The highest BCUT2D eigenvalue weighted by Gasteiger charge is 2.11. The third kappa shape index (κ3) is 7.21. The highest BCUT2D eigenvalue weighted by Crippen LogP contribution is 2.16. The zero-order valence-electron chi connectivity index (χ0n) is 11.4. The molecule has 1 saturated carbocycles. The number of aliphatic imine (C=N–C) groups is 1. The second-order valence-corrected chi connectivity index (χ2v) is 5.26. The molecule has 1 rings (SSSR count).